The van der Waals surface area contributed by atoms with Crippen molar-refractivity contribution in [1.82, 2.24) is 10.2 Å². The largest absolute Gasteiger partial charge is 0.459 e. The molecule has 0 bridgehead atoms. The normalized spacial score (nSPS) is 11.6. The molecule has 0 atom stereocenters. The maximum absolute atomic E-state index is 6.05. The SMILES string of the molecule is CCCCCN(C)Cc1oc2ccccc2c1CNC. The zero-order valence-corrected chi connectivity index (χ0v) is 12.9. The Bertz CT molecular complexity index is 533. The van der Waals surface area contributed by atoms with Crippen molar-refractivity contribution in [2.45, 2.75) is 39.3 Å². The second kappa shape index (κ2) is 7.46. The number of para-hydroxylation sites is 1. The molecule has 2 rings (SSSR count). The molecule has 0 amide bonds. The average molecular weight is 274 g/mol. The lowest BCUT2D eigenvalue weighted by Gasteiger charge is -2.15. The summed E-state index contributed by atoms with van der Waals surface area (Å²) in [6.07, 6.45) is 3.83. The predicted octanol–water partition coefficient (Wildman–Crippen LogP) is 3.77. The highest BCUT2D eigenvalue weighted by atomic mass is 16.3. The molecule has 0 unspecified atom stereocenters. The molecule has 1 heterocycles. The van der Waals surface area contributed by atoms with Crippen LogP contribution in [-0.2, 0) is 13.1 Å². The van der Waals surface area contributed by atoms with Gasteiger partial charge in [0.1, 0.15) is 11.3 Å². The van der Waals surface area contributed by atoms with Gasteiger partial charge in [-0.1, -0.05) is 38.0 Å². The highest BCUT2D eigenvalue weighted by Crippen LogP contribution is 2.26. The molecule has 20 heavy (non-hydrogen) atoms. The Kier molecular flexibility index (Phi) is 5.62. The van der Waals surface area contributed by atoms with Gasteiger partial charge >= 0.3 is 0 Å². The number of furan rings is 1. The molecule has 0 aliphatic rings. The van der Waals surface area contributed by atoms with Crippen LogP contribution in [0.25, 0.3) is 11.0 Å². The standard InChI is InChI=1S/C17H26N2O/c1-4-5-8-11-19(3)13-17-15(12-18-2)14-9-6-7-10-16(14)20-17/h6-7,9-10,18H,4-5,8,11-13H2,1-3H3. The monoisotopic (exact) mass is 274 g/mol. The Morgan fingerprint density at radius 2 is 2.00 bits per heavy atom. The number of hydrogen-bond acceptors (Lipinski definition) is 3. The molecule has 0 fully saturated rings. The fourth-order valence-electron chi connectivity index (χ4n) is 2.60. The molecule has 1 aromatic carbocycles. The highest BCUT2D eigenvalue weighted by Gasteiger charge is 2.14. The maximum Gasteiger partial charge on any atom is 0.134 e. The van der Waals surface area contributed by atoms with E-state index in [-0.39, 0.29) is 0 Å². The van der Waals surface area contributed by atoms with E-state index in [4.69, 9.17) is 4.42 Å². The summed E-state index contributed by atoms with van der Waals surface area (Å²) in [5, 5.41) is 4.48. The Labute approximate surface area is 122 Å². The van der Waals surface area contributed by atoms with Gasteiger partial charge in [-0.05, 0) is 33.1 Å². The molecule has 3 heteroatoms. The number of benzene rings is 1. The molecule has 0 saturated heterocycles. The molecule has 0 aliphatic heterocycles. The molecule has 0 saturated carbocycles. The fraction of sp³-hybridized carbons (Fsp3) is 0.529. The van der Waals surface area contributed by atoms with E-state index in [1.165, 1.54) is 30.2 Å². The maximum atomic E-state index is 6.05. The molecule has 3 nitrogen and oxygen atoms in total. The molecule has 0 spiro atoms. The summed E-state index contributed by atoms with van der Waals surface area (Å²) in [5.41, 5.74) is 2.29. The first-order chi connectivity index (χ1) is 9.76. The van der Waals surface area contributed by atoms with E-state index in [1.54, 1.807) is 0 Å². The number of rotatable bonds is 8. The van der Waals surface area contributed by atoms with E-state index < -0.39 is 0 Å². The second-order valence-corrected chi connectivity index (χ2v) is 5.48. The summed E-state index contributed by atoms with van der Waals surface area (Å²) in [7, 11) is 4.16. The van der Waals surface area contributed by atoms with Crippen molar-refractivity contribution < 1.29 is 4.42 Å². The van der Waals surface area contributed by atoms with Crippen LogP contribution in [0.5, 0.6) is 0 Å². The molecule has 1 aromatic heterocycles. The van der Waals surface area contributed by atoms with Crippen LogP contribution in [0.2, 0.25) is 0 Å². The minimum Gasteiger partial charge on any atom is -0.459 e. The second-order valence-electron chi connectivity index (χ2n) is 5.48. The number of nitrogens with one attached hydrogen (secondary N) is 1. The number of fused-ring (bicyclic) bond motifs is 1. The third kappa shape index (κ3) is 3.62. The van der Waals surface area contributed by atoms with E-state index in [0.717, 1.165) is 31.0 Å². The molecular formula is C17H26N2O. The molecule has 0 radical (unpaired) electrons. The van der Waals surface area contributed by atoms with Crippen molar-refractivity contribution in [3.63, 3.8) is 0 Å². The van der Waals surface area contributed by atoms with Crippen molar-refractivity contribution in [2.75, 3.05) is 20.6 Å². The predicted molar refractivity (Wildman–Crippen MR) is 84.8 cm³/mol. The molecule has 0 aliphatic carbocycles. The van der Waals surface area contributed by atoms with Gasteiger partial charge in [0, 0.05) is 17.5 Å². The first kappa shape index (κ1) is 15.1. The van der Waals surface area contributed by atoms with Crippen molar-refractivity contribution in [3.8, 4) is 0 Å². The van der Waals surface area contributed by atoms with Crippen LogP contribution in [0.3, 0.4) is 0 Å². The fourth-order valence-corrected chi connectivity index (χ4v) is 2.60. The van der Waals surface area contributed by atoms with Crippen LogP contribution in [0.15, 0.2) is 28.7 Å². The summed E-state index contributed by atoms with van der Waals surface area (Å²) >= 11 is 0. The summed E-state index contributed by atoms with van der Waals surface area (Å²) in [5.74, 6) is 1.10. The lowest BCUT2D eigenvalue weighted by atomic mass is 10.1. The van der Waals surface area contributed by atoms with E-state index in [0.29, 0.717) is 0 Å². The van der Waals surface area contributed by atoms with Crippen LogP contribution in [0.4, 0.5) is 0 Å². The van der Waals surface area contributed by atoms with E-state index >= 15 is 0 Å². The molecular weight excluding hydrogens is 248 g/mol. The number of hydrogen-bond donors (Lipinski definition) is 1. The van der Waals surface area contributed by atoms with Crippen molar-refractivity contribution in [3.05, 3.63) is 35.6 Å². The first-order valence-corrected chi connectivity index (χ1v) is 7.58. The summed E-state index contributed by atoms with van der Waals surface area (Å²) in [6.45, 7) is 5.11. The molecule has 1 N–H and O–H groups in total. The molecule has 110 valence electrons. The molecule has 2 aromatic rings. The highest BCUT2D eigenvalue weighted by molar-refractivity contribution is 5.82. The van der Waals surface area contributed by atoms with Crippen molar-refractivity contribution in [2.24, 2.45) is 0 Å². The van der Waals surface area contributed by atoms with Gasteiger partial charge in [0.15, 0.2) is 0 Å². The number of nitrogens with zero attached hydrogens (tertiary/aromatic N) is 1. The van der Waals surface area contributed by atoms with Crippen LogP contribution in [0, 0.1) is 0 Å². The van der Waals surface area contributed by atoms with Crippen LogP contribution in [-0.4, -0.2) is 25.5 Å². The first-order valence-electron chi connectivity index (χ1n) is 7.58. The van der Waals surface area contributed by atoms with E-state index in [9.17, 15) is 0 Å². The Morgan fingerprint density at radius 3 is 2.75 bits per heavy atom. The van der Waals surface area contributed by atoms with Crippen LogP contribution >= 0.6 is 0 Å². The smallest absolute Gasteiger partial charge is 0.134 e. The minimum atomic E-state index is 0.856. The van der Waals surface area contributed by atoms with E-state index in [2.05, 4.69) is 42.4 Å². The summed E-state index contributed by atoms with van der Waals surface area (Å²) < 4.78 is 6.05. The van der Waals surface area contributed by atoms with Crippen LogP contribution in [0.1, 0.15) is 37.5 Å². The van der Waals surface area contributed by atoms with Gasteiger partial charge in [-0.25, -0.2) is 0 Å². The lowest BCUT2D eigenvalue weighted by molar-refractivity contribution is 0.291. The summed E-state index contributed by atoms with van der Waals surface area (Å²) in [4.78, 5) is 2.35. The number of unbranched alkanes of at least 4 members (excludes halogenated alkanes) is 2. The Hall–Kier alpha value is -1.32. The van der Waals surface area contributed by atoms with Gasteiger partial charge in [0.25, 0.3) is 0 Å². The van der Waals surface area contributed by atoms with E-state index in [1.807, 2.05) is 13.1 Å². The topological polar surface area (TPSA) is 28.4 Å². The third-order valence-corrected chi connectivity index (χ3v) is 3.69. The van der Waals surface area contributed by atoms with Crippen LogP contribution < -0.4 is 5.32 Å². The minimum absolute atomic E-state index is 0.856. The van der Waals surface area contributed by atoms with Gasteiger partial charge in [-0.2, -0.15) is 0 Å². The zero-order valence-electron chi connectivity index (χ0n) is 12.9. The van der Waals surface area contributed by atoms with Crippen molar-refractivity contribution >= 4 is 11.0 Å². The quantitative estimate of drug-likeness (QED) is 0.743. The third-order valence-electron chi connectivity index (χ3n) is 3.69. The van der Waals surface area contributed by atoms with Crippen molar-refractivity contribution in [1.29, 1.82) is 0 Å². The Morgan fingerprint density at radius 1 is 1.20 bits per heavy atom. The van der Waals surface area contributed by atoms with Gasteiger partial charge in [0.2, 0.25) is 0 Å². The lowest BCUT2D eigenvalue weighted by Crippen LogP contribution is -2.20. The summed E-state index contributed by atoms with van der Waals surface area (Å²) in [6, 6.07) is 8.30. The average Bonchev–Trinajstić information content (AvgIpc) is 2.78. The zero-order chi connectivity index (χ0) is 14.4. The van der Waals surface area contributed by atoms with Gasteiger partial charge in [-0.15, -0.1) is 0 Å². The Balaban J connectivity index is 2.13. The van der Waals surface area contributed by atoms with Gasteiger partial charge in [0.05, 0.1) is 6.54 Å². The van der Waals surface area contributed by atoms with Gasteiger partial charge < -0.3 is 9.73 Å². The van der Waals surface area contributed by atoms with Gasteiger partial charge in [-0.3, -0.25) is 4.90 Å².